The van der Waals surface area contributed by atoms with Crippen LogP contribution in [0.2, 0.25) is 0 Å². The molecule has 2 heterocycles. The summed E-state index contributed by atoms with van der Waals surface area (Å²) in [6.07, 6.45) is -0.00799. The molecule has 0 aliphatic carbocycles. The second-order valence-corrected chi connectivity index (χ2v) is 7.71. The Hall–Kier alpha value is -1.84. The molecule has 0 unspecified atom stereocenters. The molecule has 0 bridgehead atoms. The number of fused-ring (bicyclic) bond motifs is 3. The first-order valence-electron chi connectivity index (χ1n) is 8.73. The van der Waals surface area contributed by atoms with Gasteiger partial charge in [0.2, 0.25) is 0 Å². The van der Waals surface area contributed by atoms with Gasteiger partial charge in [0.05, 0.1) is 19.3 Å². The molecule has 0 aromatic heterocycles. The molecule has 3 atom stereocenters. The van der Waals surface area contributed by atoms with Crippen LogP contribution in [0.5, 0.6) is 0 Å². The average molecular weight is 323 g/mol. The van der Waals surface area contributed by atoms with Gasteiger partial charge in [-0.3, -0.25) is 0 Å². The predicted molar refractivity (Wildman–Crippen MR) is 96.4 cm³/mol. The number of nitrogens with one attached hydrogen (secondary N) is 1. The smallest absolute Gasteiger partial charge is 0.113 e. The molecule has 3 nitrogen and oxygen atoms in total. The molecule has 24 heavy (non-hydrogen) atoms. The first-order chi connectivity index (χ1) is 11.5. The Kier molecular flexibility index (Phi) is 3.86. The van der Waals surface area contributed by atoms with Gasteiger partial charge in [-0.15, -0.1) is 0 Å². The maximum Gasteiger partial charge on any atom is 0.113 e. The van der Waals surface area contributed by atoms with Crippen molar-refractivity contribution in [1.82, 2.24) is 0 Å². The SMILES string of the molecule is CC(C)(C)c1ccc2c(c1)[C@H]1OCCO[C@H]1[C@@H](c1ccccc1)N2. The topological polar surface area (TPSA) is 30.5 Å². The maximum absolute atomic E-state index is 6.16. The molecule has 3 heteroatoms. The lowest BCUT2D eigenvalue weighted by molar-refractivity contribution is -0.151. The minimum atomic E-state index is -0.0116. The van der Waals surface area contributed by atoms with Gasteiger partial charge in [-0.2, -0.15) is 0 Å². The summed E-state index contributed by atoms with van der Waals surface area (Å²) in [5.74, 6) is 0. The van der Waals surface area contributed by atoms with Gasteiger partial charge in [-0.05, 0) is 22.6 Å². The minimum absolute atomic E-state index is 0.00358. The van der Waals surface area contributed by atoms with Gasteiger partial charge in [-0.1, -0.05) is 63.2 Å². The molecular weight excluding hydrogens is 298 g/mol. The van der Waals surface area contributed by atoms with E-state index in [2.05, 4.69) is 68.6 Å². The third kappa shape index (κ3) is 2.72. The summed E-state index contributed by atoms with van der Waals surface area (Å²) in [5, 5.41) is 3.69. The molecule has 0 radical (unpaired) electrons. The number of anilines is 1. The highest BCUT2D eigenvalue weighted by Gasteiger charge is 2.41. The van der Waals surface area contributed by atoms with Crippen molar-refractivity contribution in [3.05, 3.63) is 65.2 Å². The van der Waals surface area contributed by atoms with Crippen LogP contribution >= 0.6 is 0 Å². The monoisotopic (exact) mass is 323 g/mol. The van der Waals surface area contributed by atoms with E-state index in [1.807, 2.05) is 6.07 Å². The van der Waals surface area contributed by atoms with Crippen molar-refractivity contribution in [2.24, 2.45) is 0 Å². The predicted octanol–water partition coefficient (Wildman–Crippen LogP) is 4.61. The molecule has 2 aromatic rings. The standard InChI is InChI=1S/C21H25NO2/c1-21(2,3)15-9-10-17-16(13-15)19-20(24-12-11-23-19)18(22-17)14-7-5-4-6-8-14/h4-10,13,18-20,22H,11-12H2,1-3H3/t18-,19-,20+/m1/s1. The van der Waals surface area contributed by atoms with E-state index >= 15 is 0 Å². The van der Waals surface area contributed by atoms with Crippen LogP contribution in [0.15, 0.2) is 48.5 Å². The van der Waals surface area contributed by atoms with Gasteiger partial charge in [0.25, 0.3) is 0 Å². The molecule has 126 valence electrons. The van der Waals surface area contributed by atoms with Crippen molar-refractivity contribution in [2.75, 3.05) is 18.5 Å². The molecule has 4 rings (SSSR count). The van der Waals surface area contributed by atoms with Crippen LogP contribution in [0.1, 0.15) is 49.6 Å². The third-order valence-electron chi connectivity index (χ3n) is 5.01. The van der Waals surface area contributed by atoms with E-state index in [4.69, 9.17) is 9.47 Å². The quantitative estimate of drug-likeness (QED) is 0.831. The summed E-state index contributed by atoms with van der Waals surface area (Å²) >= 11 is 0. The number of benzene rings is 2. The van der Waals surface area contributed by atoms with E-state index < -0.39 is 0 Å². The molecule has 0 spiro atoms. The zero-order valence-corrected chi connectivity index (χ0v) is 14.6. The fourth-order valence-electron chi connectivity index (χ4n) is 3.66. The van der Waals surface area contributed by atoms with Gasteiger partial charge in [0.1, 0.15) is 12.2 Å². The molecule has 1 N–H and O–H groups in total. The molecule has 2 aliphatic rings. The van der Waals surface area contributed by atoms with Gasteiger partial charge in [-0.25, -0.2) is 0 Å². The van der Waals surface area contributed by atoms with Crippen molar-refractivity contribution in [3.8, 4) is 0 Å². The zero-order chi connectivity index (χ0) is 16.7. The van der Waals surface area contributed by atoms with Crippen LogP contribution in [0.4, 0.5) is 5.69 Å². The Morgan fingerprint density at radius 1 is 0.958 bits per heavy atom. The summed E-state index contributed by atoms with van der Waals surface area (Å²) in [4.78, 5) is 0. The summed E-state index contributed by atoms with van der Waals surface area (Å²) in [5.41, 5.74) is 5.07. The van der Waals surface area contributed by atoms with E-state index in [0.717, 1.165) is 5.69 Å². The van der Waals surface area contributed by atoms with Crippen LogP contribution < -0.4 is 5.32 Å². The molecule has 2 aromatic carbocycles. The molecule has 0 saturated carbocycles. The average Bonchev–Trinajstić information content (AvgIpc) is 2.60. The first kappa shape index (κ1) is 15.7. The second-order valence-electron chi connectivity index (χ2n) is 7.71. The second kappa shape index (κ2) is 5.91. The highest BCUT2D eigenvalue weighted by atomic mass is 16.6. The van der Waals surface area contributed by atoms with E-state index in [1.54, 1.807) is 0 Å². The largest absolute Gasteiger partial charge is 0.375 e. The van der Waals surface area contributed by atoms with Gasteiger partial charge >= 0.3 is 0 Å². The molecule has 1 fully saturated rings. The summed E-state index contributed by atoms with van der Waals surface area (Å²) in [6, 6.07) is 17.3. The maximum atomic E-state index is 6.16. The van der Waals surface area contributed by atoms with Gasteiger partial charge in [0.15, 0.2) is 0 Å². The van der Waals surface area contributed by atoms with Crippen LogP contribution in [0, 0.1) is 0 Å². The lowest BCUT2D eigenvalue weighted by Crippen LogP contribution is -2.43. The lowest BCUT2D eigenvalue weighted by atomic mass is 9.82. The van der Waals surface area contributed by atoms with Crippen LogP contribution in [0.25, 0.3) is 0 Å². The van der Waals surface area contributed by atoms with Crippen molar-refractivity contribution < 1.29 is 9.47 Å². The zero-order valence-electron chi connectivity index (χ0n) is 14.6. The third-order valence-corrected chi connectivity index (χ3v) is 5.01. The van der Waals surface area contributed by atoms with Crippen LogP contribution in [0.3, 0.4) is 0 Å². The molecule has 2 aliphatic heterocycles. The molecular formula is C21H25NO2. The first-order valence-corrected chi connectivity index (χ1v) is 8.73. The Labute approximate surface area is 144 Å². The Balaban J connectivity index is 1.77. The molecule has 0 amide bonds. The van der Waals surface area contributed by atoms with Gasteiger partial charge in [0, 0.05) is 11.3 Å². The van der Waals surface area contributed by atoms with Crippen LogP contribution in [-0.2, 0) is 14.9 Å². The molecule has 1 saturated heterocycles. The van der Waals surface area contributed by atoms with Crippen molar-refractivity contribution in [2.45, 2.75) is 44.4 Å². The highest BCUT2D eigenvalue weighted by molar-refractivity contribution is 5.59. The highest BCUT2D eigenvalue weighted by Crippen LogP contribution is 2.45. The number of rotatable bonds is 1. The van der Waals surface area contributed by atoms with Gasteiger partial charge < -0.3 is 14.8 Å². The summed E-state index contributed by atoms with van der Waals surface area (Å²) < 4.78 is 12.3. The minimum Gasteiger partial charge on any atom is -0.375 e. The van der Waals surface area contributed by atoms with Crippen molar-refractivity contribution in [1.29, 1.82) is 0 Å². The Morgan fingerprint density at radius 3 is 2.46 bits per heavy atom. The Bertz CT molecular complexity index is 720. The fraction of sp³-hybridized carbons (Fsp3) is 0.429. The lowest BCUT2D eigenvalue weighted by Gasteiger charge is -2.43. The number of ether oxygens (including phenoxy) is 2. The van der Waals surface area contributed by atoms with Crippen molar-refractivity contribution in [3.63, 3.8) is 0 Å². The van der Waals surface area contributed by atoms with E-state index in [9.17, 15) is 0 Å². The number of hydrogen-bond acceptors (Lipinski definition) is 3. The van der Waals surface area contributed by atoms with E-state index in [0.29, 0.717) is 13.2 Å². The number of hydrogen-bond donors (Lipinski definition) is 1. The van der Waals surface area contributed by atoms with Crippen LogP contribution in [-0.4, -0.2) is 19.3 Å². The fourth-order valence-corrected chi connectivity index (χ4v) is 3.66. The van der Waals surface area contributed by atoms with E-state index in [-0.39, 0.29) is 23.7 Å². The van der Waals surface area contributed by atoms with Crippen molar-refractivity contribution >= 4 is 5.69 Å². The Morgan fingerprint density at radius 2 is 1.71 bits per heavy atom. The summed E-state index contributed by atoms with van der Waals surface area (Å²) in [7, 11) is 0. The van der Waals surface area contributed by atoms with E-state index in [1.165, 1.54) is 16.7 Å². The normalized spacial score (nSPS) is 26.2. The summed E-state index contributed by atoms with van der Waals surface area (Å²) in [6.45, 7) is 8.04.